The standard InChI is InChI=1S/C17H21FN2O/c1-12-5-2-3-7-16(12)20-17(21)14-9-8-13(6-4-10-19)15(18)11-14/h8-9,11-12,16H,2-3,5,7,10,19H2,1H3,(H,20,21). The van der Waals surface area contributed by atoms with E-state index in [1.807, 2.05) is 0 Å². The average molecular weight is 288 g/mol. The van der Waals surface area contributed by atoms with Crippen LogP contribution in [0.3, 0.4) is 0 Å². The van der Waals surface area contributed by atoms with Crippen molar-refractivity contribution in [3.63, 3.8) is 0 Å². The number of carbonyl (C=O) groups is 1. The van der Waals surface area contributed by atoms with Gasteiger partial charge in [-0.05, 0) is 37.0 Å². The van der Waals surface area contributed by atoms with Crippen LogP contribution < -0.4 is 11.1 Å². The first-order valence-corrected chi connectivity index (χ1v) is 7.41. The van der Waals surface area contributed by atoms with Gasteiger partial charge in [0.1, 0.15) is 5.82 Å². The lowest BCUT2D eigenvalue weighted by Gasteiger charge is -2.29. The third kappa shape index (κ3) is 4.05. The van der Waals surface area contributed by atoms with Gasteiger partial charge in [0.25, 0.3) is 5.91 Å². The SMILES string of the molecule is CC1CCCCC1NC(=O)c1ccc(C#CCN)c(F)c1. The summed E-state index contributed by atoms with van der Waals surface area (Å²) in [6, 6.07) is 4.55. The van der Waals surface area contributed by atoms with Gasteiger partial charge in [0, 0.05) is 11.6 Å². The summed E-state index contributed by atoms with van der Waals surface area (Å²) in [7, 11) is 0. The van der Waals surface area contributed by atoms with Gasteiger partial charge in [-0.2, -0.15) is 0 Å². The van der Waals surface area contributed by atoms with Gasteiger partial charge in [-0.3, -0.25) is 4.79 Å². The highest BCUT2D eigenvalue weighted by molar-refractivity contribution is 5.94. The fourth-order valence-corrected chi connectivity index (χ4v) is 2.69. The molecule has 1 saturated carbocycles. The summed E-state index contributed by atoms with van der Waals surface area (Å²) in [5, 5.41) is 3.01. The molecule has 3 nitrogen and oxygen atoms in total. The molecule has 0 radical (unpaired) electrons. The molecule has 2 atom stereocenters. The Morgan fingerprint density at radius 3 is 2.86 bits per heavy atom. The summed E-state index contributed by atoms with van der Waals surface area (Å²) in [4.78, 5) is 12.2. The van der Waals surface area contributed by atoms with Crippen LogP contribution in [0.1, 0.15) is 48.5 Å². The molecular formula is C17H21FN2O. The third-order valence-electron chi connectivity index (χ3n) is 3.98. The van der Waals surface area contributed by atoms with E-state index in [9.17, 15) is 9.18 Å². The van der Waals surface area contributed by atoms with Gasteiger partial charge >= 0.3 is 0 Å². The number of nitrogens with two attached hydrogens (primary N) is 1. The van der Waals surface area contributed by atoms with Crippen molar-refractivity contribution in [3.05, 3.63) is 35.1 Å². The van der Waals surface area contributed by atoms with Crippen LogP contribution in [0.2, 0.25) is 0 Å². The molecule has 3 N–H and O–H groups in total. The smallest absolute Gasteiger partial charge is 0.251 e. The van der Waals surface area contributed by atoms with E-state index in [1.54, 1.807) is 6.07 Å². The summed E-state index contributed by atoms with van der Waals surface area (Å²) in [6.07, 6.45) is 4.48. The normalized spacial score (nSPS) is 21.3. The first-order valence-electron chi connectivity index (χ1n) is 7.41. The third-order valence-corrected chi connectivity index (χ3v) is 3.98. The van der Waals surface area contributed by atoms with Gasteiger partial charge in [0.2, 0.25) is 0 Å². The van der Waals surface area contributed by atoms with E-state index in [-0.39, 0.29) is 24.1 Å². The Kier molecular flexibility index (Phi) is 5.35. The van der Waals surface area contributed by atoms with Crippen LogP contribution in [0.15, 0.2) is 18.2 Å². The van der Waals surface area contributed by atoms with Gasteiger partial charge in [-0.1, -0.05) is 31.6 Å². The summed E-state index contributed by atoms with van der Waals surface area (Å²) in [5.74, 6) is 5.02. The molecule has 21 heavy (non-hydrogen) atoms. The van der Waals surface area contributed by atoms with Gasteiger partial charge in [0.15, 0.2) is 0 Å². The van der Waals surface area contributed by atoms with Crippen LogP contribution in [0.25, 0.3) is 0 Å². The Hall–Kier alpha value is -1.86. The van der Waals surface area contributed by atoms with Crippen molar-refractivity contribution in [2.75, 3.05) is 6.54 Å². The van der Waals surface area contributed by atoms with Crippen molar-refractivity contribution in [1.29, 1.82) is 0 Å². The lowest BCUT2D eigenvalue weighted by Crippen LogP contribution is -2.41. The van der Waals surface area contributed by atoms with Crippen molar-refractivity contribution in [2.45, 2.75) is 38.6 Å². The highest BCUT2D eigenvalue weighted by Crippen LogP contribution is 2.24. The second kappa shape index (κ2) is 7.24. The summed E-state index contributed by atoms with van der Waals surface area (Å²) < 4.78 is 13.9. The molecule has 2 rings (SSSR count). The van der Waals surface area contributed by atoms with Gasteiger partial charge in [0.05, 0.1) is 12.1 Å². The molecule has 1 fully saturated rings. The maximum absolute atomic E-state index is 13.9. The van der Waals surface area contributed by atoms with Crippen molar-refractivity contribution in [1.82, 2.24) is 5.32 Å². The largest absolute Gasteiger partial charge is 0.349 e. The van der Waals surface area contributed by atoms with Crippen molar-refractivity contribution in [3.8, 4) is 11.8 Å². The molecule has 4 heteroatoms. The van der Waals surface area contributed by atoms with E-state index in [0.717, 1.165) is 19.3 Å². The van der Waals surface area contributed by atoms with Crippen LogP contribution in [0.5, 0.6) is 0 Å². The van der Waals surface area contributed by atoms with E-state index in [2.05, 4.69) is 24.1 Å². The molecular weight excluding hydrogens is 267 g/mol. The summed E-state index contributed by atoms with van der Waals surface area (Å²) in [5.41, 5.74) is 5.86. The number of rotatable bonds is 2. The minimum atomic E-state index is -0.486. The average Bonchev–Trinajstić information content (AvgIpc) is 2.48. The quantitative estimate of drug-likeness (QED) is 0.821. The molecule has 1 amide bonds. The zero-order valence-electron chi connectivity index (χ0n) is 12.3. The summed E-state index contributed by atoms with van der Waals surface area (Å²) in [6.45, 7) is 2.33. The first-order chi connectivity index (χ1) is 10.1. The molecule has 112 valence electrons. The highest BCUT2D eigenvalue weighted by Gasteiger charge is 2.23. The number of carbonyl (C=O) groups excluding carboxylic acids is 1. The second-order valence-electron chi connectivity index (χ2n) is 5.54. The zero-order valence-corrected chi connectivity index (χ0v) is 12.3. The van der Waals surface area contributed by atoms with E-state index in [1.165, 1.54) is 18.6 Å². The minimum absolute atomic E-state index is 0.182. The van der Waals surface area contributed by atoms with Crippen molar-refractivity contribution < 1.29 is 9.18 Å². The lowest BCUT2D eigenvalue weighted by molar-refractivity contribution is 0.0910. The lowest BCUT2D eigenvalue weighted by atomic mass is 9.86. The van der Waals surface area contributed by atoms with Crippen molar-refractivity contribution in [2.24, 2.45) is 11.7 Å². The number of halogens is 1. The Balaban J connectivity index is 2.07. The van der Waals surface area contributed by atoms with Crippen LogP contribution in [0.4, 0.5) is 4.39 Å². The molecule has 0 aliphatic heterocycles. The Morgan fingerprint density at radius 1 is 1.43 bits per heavy atom. The summed E-state index contributed by atoms with van der Waals surface area (Å²) >= 11 is 0. The van der Waals surface area contributed by atoms with Gasteiger partial charge in [-0.25, -0.2) is 4.39 Å². The number of nitrogens with one attached hydrogen (secondary N) is 1. The first kappa shape index (κ1) is 15.5. The highest BCUT2D eigenvalue weighted by atomic mass is 19.1. The zero-order chi connectivity index (χ0) is 15.2. The molecule has 1 aromatic rings. The molecule has 0 aromatic heterocycles. The number of benzene rings is 1. The molecule has 0 bridgehead atoms. The van der Waals surface area contributed by atoms with E-state index < -0.39 is 5.82 Å². The Morgan fingerprint density at radius 2 is 2.19 bits per heavy atom. The monoisotopic (exact) mass is 288 g/mol. The topological polar surface area (TPSA) is 55.1 Å². The Labute approximate surface area is 125 Å². The number of hydrogen-bond donors (Lipinski definition) is 2. The molecule has 1 aliphatic rings. The number of amides is 1. The second-order valence-corrected chi connectivity index (χ2v) is 5.54. The van der Waals surface area contributed by atoms with Crippen molar-refractivity contribution >= 4 is 5.91 Å². The fraction of sp³-hybridized carbons (Fsp3) is 0.471. The maximum Gasteiger partial charge on any atom is 0.251 e. The van der Waals surface area contributed by atoms with Crippen LogP contribution in [-0.2, 0) is 0 Å². The molecule has 0 saturated heterocycles. The molecule has 1 aromatic carbocycles. The maximum atomic E-state index is 13.9. The van der Waals surface area contributed by atoms with Gasteiger partial charge in [-0.15, -0.1) is 0 Å². The van der Waals surface area contributed by atoms with Crippen LogP contribution in [-0.4, -0.2) is 18.5 Å². The van der Waals surface area contributed by atoms with Crippen LogP contribution >= 0.6 is 0 Å². The fourth-order valence-electron chi connectivity index (χ4n) is 2.69. The predicted octanol–water partition coefficient (Wildman–Crippen LogP) is 2.44. The number of hydrogen-bond acceptors (Lipinski definition) is 2. The van der Waals surface area contributed by atoms with Gasteiger partial charge < -0.3 is 11.1 Å². The molecule has 1 aliphatic carbocycles. The predicted molar refractivity (Wildman–Crippen MR) is 81.2 cm³/mol. The minimum Gasteiger partial charge on any atom is -0.349 e. The van der Waals surface area contributed by atoms with E-state index in [0.29, 0.717) is 11.5 Å². The van der Waals surface area contributed by atoms with E-state index in [4.69, 9.17) is 5.73 Å². The van der Waals surface area contributed by atoms with Crippen LogP contribution in [0, 0.1) is 23.6 Å². The Bertz CT molecular complexity index is 574. The molecule has 0 spiro atoms. The molecule has 2 unspecified atom stereocenters. The van der Waals surface area contributed by atoms with E-state index >= 15 is 0 Å². The molecule has 0 heterocycles.